The molecule has 44 heavy (non-hydrogen) atoms. The number of amides is 1. The third-order valence-corrected chi connectivity index (χ3v) is 9.91. The topological polar surface area (TPSA) is 142 Å². The molecule has 3 N–H and O–H groups in total. The van der Waals surface area contributed by atoms with Crippen LogP contribution < -0.4 is 10.6 Å². The molecule has 0 unspecified atom stereocenters. The first-order valence-electron chi connectivity index (χ1n) is 13.9. The van der Waals surface area contributed by atoms with Crippen LogP contribution in [0.3, 0.4) is 0 Å². The Kier molecular flexibility index (Phi) is 9.05. The lowest BCUT2D eigenvalue weighted by Crippen LogP contribution is -2.54. The first-order chi connectivity index (χ1) is 20.8. The van der Waals surface area contributed by atoms with E-state index in [2.05, 4.69) is 17.2 Å². The van der Waals surface area contributed by atoms with E-state index in [0.29, 0.717) is 22.8 Å². The van der Waals surface area contributed by atoms with E-state index in [0.717, 1.165) is 25.2 Å². The normalized spacial score (nSPS) is 25.5. The van der Waals surface area contributed by atoms with Gasteiger partial charge in [-0.3, -0.25) is 19.8 Å². The van der Waals surface area contributed by atoms with Crippen LogP contribution in [0, 0.1) is 22.0 Å². The van der Waals surface area contributed by atoms with Crippen molar-refractivity contribution in [2.24, 2.45) is 11.8 Å². The third-order valence-electron chi connectivity index (χ3n) is 8.44. The fourth-order valence-corrected chi connectivity index (χ4v) is 7.25. The summed E-state index contributed by atoms with van der Waals surface area (Å²) in [6, 6.07) is 6.76. The molecule has 0 aromatic heterocycles. The zero-order valence-corrected chi connectivity index (χ0v) is 26.0. The van der Waals surface area contributed by atoms with E-state index in [1.165, 1.54) is 30.4 Å². The van der Waals surface area contributed by atoms with Gasteiger partial charge in [0.25, 0.3) is 5.69 Å². The Morgan fingerprint density at radius 1 is 1.32 bits per heavy atom. The number of carbonyl (C=O) groups is 1. The van der Waals surface area contributed by atoms with Gasteiger partial charge in [0.1, 0.15) is 11.4 Å². The van der Waals surface area contributed by atoms with E-state index in [-0.39, 0.29) is 28.0 Å². The van der Waals surface area contributed by atoms with Crippen molar-refractivity contribution in [3.8, 4) is 0 Å². The van der Waals surface area contributed by atoms with Gasteiger partial charge in [0.15, 0.2) is 9.84 Å². The zero-order chi connectivity index (χ0) is 32.0. The van der Waals surface area contributed by atoms with Crippen molar-refractivity contribution in [2.45, 2.75) is 41.9 Å². The van der Waals surface area contributed by atoms with Crippen LogP contribution in [-0.4, -0.2) is 60.7 Å². The number of nitrogens with zero attached hydrogens (tertiary/aromatic N) is 2. The number of nitrogens with one attached hydrogen (secondary N) is 2. The van der Waals surface area contributed by atoms with E-state index in [1.807, 2.05) is 4.90 Å². The molecule has 14 heteroatoms. The first kappa shape index (κ1) is 32.3. The number of halogens is 3. The molecule has 5 rings (SSSR count). The van der Waals surface area contributed by atoms with Crippen molar-refractivity contribution in [3.05, 3.63) is 98.3 Å². The summed E-state index contributed by atoms with van der Waals surface area (Å²) in [7, 11) is -3.72. The van der Waals surface area contributed by atoms with Gasteiger partial charge in [-0.2, -0.15) is 0 Å². The van der Waals surface area contributed by atoms with Gasteiger partial charge in [-0.05, 0) is 55.2 Å². The molecule has 2 heterocycles. The predicted molar refractivity (Wildman–Crippen MR) is 166 cm³/mol. The standard InChI is InChI=1S/C30H31Cl2FN4O6S/c1-17(31)4-3-5-23(33)27-28(34-14-19-8-10-21(44(2,42)43)13-25(19)37(40)41)26(16-38)36(15-18-6-7-18)30(27)22-11-9-20(32)12-24(22)35-29(30)39/h3-5,8-13,18,26-28,34,38H,1,6-7,14-16H2,2H3,(H,35,39)/b4-3-,23-5-/t26-,27-,28+,30+/m1/s1. The van der Waals surface area contributed by atoms with Crippen molar-refractivity contribution in [1.82, 2.24) is 10.2 Å². The Morgan fingerprint density at radius 2 is 2.05 bits per heavy atom. The van der Waals surface area contributed by atoms with Gasteiger partial charge in [-0.1, -0.05) is 41.9 Å². The highest BCUT2D eigenvalue weighted by Crippen LogP contribution is 2.56. The number of rotatable bonds is 11. The second kappa shape index (κ2) is 12.3. The van der Waals surface area contributed by atoms with Crippen LogP contribution in [-0.2, 0) is 26.7 Å². The van der Waals surface area contributed by atoms with E-state index in [4.69, 9.17) is 23.2 Å². The molecule has 0 radical (unpaired) electrons. The molecule has 4 atom stereocenters. The highest BCUT2D eigenvalue weighted by Gasteiger charge is 2.67. The second-order valence-electron chi connectivity index (χ2n) is 11.3. The summed E-state index contributed by atoms with van der Waals surface area (Å²) in [5.41, 5.74) is -0.948. The average Bonchev–Trinajstić information content (AvgIpc) is 3.66. The number of likely N-dealkylation sites (tertiary alicyclic amines) is 1. The molecule has 2 aliphatic heterocycles. The quantitative estimate of drug-likeness (QED) is 0.176. The number of sulfone groups is 1. The van der Waals surface area contributed by atoms with Gasteiger partial charge in [0.05, 0.1) is 28.4 Å². The Balaban J connectivity index is 1.65. The molecule has 0 bridgehead atoms. The molecule has 2 aromatic rings. The molecule has 234 valence electrons. The molecule has 1 amide bonds. The fraction of sp³-hybridized carbons (Fsp3) is 0.367. The highest BCUT2D eigenvalue weighted by atomic mass is 35.5. The maximum absolute atomic E-state index is 16.6. The average molecular weight is 666 g/mol. The molecular formula is C30H31Cl2FN4O6S. The molecule has 3 aliphatic rings. The number of benzene rings is 2. The first-order valence-corrected chi connectivity index (χ1v) is 16.5. The van der Waals surface area contributed by atoms with Crippen molar-refractivity contribution >= 4 is 50.3 Å². The highest BCUT2D eigenvalue weighted by molar-refractivity contribution is 7.90. The number of aliphatic hydroxyl groups excluding tert-OH is 1. The van der Waals surface area contributed by atoms with Crippen molar-refractivity contribution in [2.75, 3.05) is 24.7 Å². The summed E-state index contributed by atoms with van der Waals surface area (Å²) in [4.78, 5) is 27.0. The van der Waals surface area contributed by atoms with Crippen LogP contribution in [0.25, 0.3) is 0 Å². The Morgan fingerprint density at radius 3 is 2.66 bits per heavy atom. The summed E-state index contributed by atoms with van der Waals surface area (Å²) >= 11 is 12.1. The number of carbonyl (C=O) groups excluding carboxylic acids is 1. The van der Waals surface area contributed by atoms with Crippen LogP contribution in [0.2, 0.25) is 5.02 Å². The molecule has 10 nitrogen and oxygen atoms in total. The van der Waals surface area contributed by atoms with Crippen LogP contribution in [0.5, 0.6) is 0 Å². The van der Waals surface area contributed by atoms with Gasteiger partial charge in [0, 0.05) is 58.3 Å². The summed E-state index contributed by atoms with van der Waals surface area (Å²) in [6.07, 6.45) is 6.74. The van der Waals surface area contributed by atoms with Gasteiger partial charge < -0.3 is 15.7 Å². The van der Waals surface area contributed by atoms with Crippen LogP contribution in [0.1, 0.15) is 24.0 Å². The number of aliphatic hydroxyl groups is 1. The number of hydrogen-bond donors (Lipinski definition) is 3. The maximum atomic E-state index is 16.6. The smallest absolute Gasteiger partial charge is 0.275 e. The van der Waals surface area contributed by atoms with E-state index >= 15 is 4.39 Å². The molecule has 2 fully saturated rings. The van der Waals surface area contributed by atoms with Crippen molar-refractivity contribution in [3.63, 3.8) is 0 Å². The monoisotopic (exact) mass is 664 g/mol. The summed E-state index contributed by atoms with van der Waals surface area (Å²) in [6.45, 7) is 3.35. The van der Waals surface area contributed by atoms with Crippen LogP contribution in [0.15, 0.2) is 77.0 Å². The zero-order valence-electron chi connectivity index (χ0n) is 23.7. The number of nitro benzene ring substituents is 1. The molecule has 1 aliphatic carbocycles. The Labute approximate surface area is 264 Å². The minimum atomic E-state index is -3.72. The van der Waals surface area contributed by atoms with Crippen LogP contribution in [0.4, 0.5) is 15.8 Å². The lowest BCUT2D eigenvalue weighted by molar-refractivity contribution is -0.385. The Bertz CT molecular complexity index is 1700. The van der Waals surface area contributed by atoms with Crippen molar-refractivity contribution < 1.29 is 27.6 Å². The van der Waals surface area contributed by atoms with E-state index in [9.17, 15) is 28.4 Å². The van der Waals surface area contributed by atoms with Crippen LogP contribution >= 0.6 is 23.2 Å². The number of allylic oxidation sites excluding steroid dienone is 4. The largest absolute Gasteiger partial charge is 0.395 e. The van der Waals surface area contributed by atoms with Gasteiger partial charge in [-0.25, -0.2) is 12.8 Å². The van der Waals surface area contributed by atoms with Gasteiger partial charge in [-0.15, -0.1) is 0 Å². The lowest BCUT2D eigenvalue weighted by Gasteiger charge is -2.38. The number of hydrogen-bond acceptors (Lipinski definition) is 8. The molecular weight excluding hydrogens is 634 g/mol. The number of nitro groups is 1. The lowest BCUT2D eigenvalue weighted by atomic mass is 9.76. The summed E-state index contributed by atoms with van der Waals surface area (Å²) < 4.78 is 40.7. The van der Waals surface area contributed by atoms with E-state index < -0.39 is 62.3 Å². The molecule has 1 saturated carbocycles. The van der Waals surface area contributed by atoms with Gasteiger partial charge in [0.2, 0.25) is 5.91 Å². The van der Waals surface area contributed by atoms with Crippen molar-refractivity contribution in [1.29, 1.82) is 0 Å². The molecule has 2 aromatic carbocycles. The predicted octanol–water partition coefficient (Wildman–Crippen LogP) is 4.82. The Hall–Kier alpha value is -3.13. The minimum absolute atomic E-state index is 0.151. The SMILES string of the molecule is C=C(Cl)/C=C\C=C(/F)[C@@H]1[C@@H](NCc2ccc(S(C)(=O)=O)cc2[N+](=O)[O-])[C@@H](CO)N(CC2CC2)[C@]12C(=O)Nc1cc(Cl)ccc12. The number of fused-ring (bicyclic) bond motifs is 2. The summed E-state index contributed by atoms with van der Waals surface area (Å²) in [5.74, 6) is -2.14. The maximum Gasteiger partial charge on any atom is 0.275 e. The second-order valence-corrected chi connectivity index (χ2v) is 14.3. The van der Waals surface area contributed by atoms with E-state index in [1.54, 1.807) is 18.2 Å². The third kappa shape index (κ3) is 5.94. The summed E-state index contributed by atoms with van der Waals surface area (Å²) in [5, 5.41) is 29.3. The molecule has 1 spiro atoms. The molecule has 1 saturated heterocycles. The number of anilines is 1. The minimum Gasteiger partial charge on any atom is -0.395 e. The van der Waals surface area contributed by atoms with Gasteiger partial charge >= 0.3 is 0 Å². The fourth-order valence-electron chi connectivity index (χ4n) is 6.37.